The first-order valence-corrected chi connectivity index (χ1v) is 6.44. The van der Waals surface area contributed by atoms with Gasteiger partial charge in [0.15, 0.2) is 0 Å². The molecule has 17 heavy (non-hydrogen) atoms. The summed E-state index contributed by atoms with van der Waals surface area (Å²) in [7, 11) is 0. The highest BCUT2D eigenvalue weighted by Gasteiger charge is 2.21. The van der Waals surface area contributed by atoms with E-state index in [1.54, 1.807) is 6.07 Å². The molecule has 0 radical (unpaired) electrons. The molecule has 0 aliphatic heterocycles. The molecule has 1 aromatic rings. The van der Waals surface area contributed by atoms with E-state index < -0.39 is 6.10 Å². The van der Waals surface area contributed by atoms with Crippen LogP contribution in [0.25, 0.3) is 0 Å². The highest BCUT2D eigenvalue weighted by Crippen LogP contribution is 2.25. The third kappa shape index (κ3) is 4.26. The second-order valence-corrected chi connectivity index (χ2v) is 5.08. The molecule has 3 nitrogen and oxygen atoms in total. The summed E-state index contributed by atoms with van der Waals surface area (Å²) < 4.78 is 18.8. The molecule has 0 heterocycles. The van der Waals surface area contributed by atoms with Crippen LogP contribution in [0.4, 0.5) is 4.39 Å². The third-order valence-electron chi connectivity index (χ3n) is 2.54. The molecule has 0 saturated heterocycles. The van der Waals surface area contributed by atoms with Gasteiger partial charge >= 0.3 is 0 Å². The van der Waals surface area contributed by atoms with E-state index in [1.807, 2.05) is 0 Å². The molecule has 0 bridgehead atoms. The first kappa shape index (κ1) is 12.8. The number of hydrogen-bond donors (Lipinski definition) is 2. The van der Waals surface area contributed by atoms with Crippen molar-refractivity contribution in [2.24, 2.45) is 0 Å². The highest BCUT2D eigenvalue weighted by atomic mass is 79.9. The monoisotopic (exact) mass is 303 g/mol. The van der Waals surface area contributed by atoms with Crippen molar-refractivity contribution in [3.8, 4) is 5.75 Å². The van der Waals surface area contributed by atoms with Crippen LogP contribution in [-0.4, -0.2) is 30.4 Å². The summed E-state index contributed by atoms with van der Waals surface area (Å²) in [5, 5.41) is 12.9. The van der Waals surface area contributed by atoms with E-state index in [-0.39, 0.29) is 12.4 Å². The van der Waals surface area contributed by atoms with Crippen LogP contribution in [0.5, 0.6) is 5.75 Å². The Hall–Kier alpha value is -0.650. The average Bonchev–Trinajstić information content (AvgIpc) is 3.09. The van der Waals surface area contributed by atoms with Crippen molar-refractivity contribution in [3.63, 3.8) is 0 Å². The third-order valence-corrected chi connectivity index (χ3v) is 3.16. The fourth-order valence-electron chi connectivity index (χ4n) is 1.43. The summed E-state index contributed by atoms with van der Waals surface area (Å²) in [6.45, 7) is 0.730. The van der Waals surface area contributed by atoms with Crippen LogP contribution < -0.4 is 10.1 Å². The molecule has 2 rings (SSSR count). The van der Waals surface area contributed by atoms with Gasteiger partial charge in [-0.05, 0) is 47.0 Å². The van der Waals surface area contributed by atoms with Gasteiger partial charge in [-0.1, -0.05) is 0 Å². The number of hydrogen-bond acceptors (Lipinski definition) is 3. The van der Waals surface area contributed by atoms with Crippen LogP contribution in [-0.2, 0) is 0 Å². The van der Waals surface area contributed by atoms with E-state index in [0.717, 1.165) is 0 Å². The first-order chi connectivity index (χ1) is 8.15. The molecule has 1 atom stereocenters. The SMILES string of the molecule is OC(CNC1CC1)COc1ccc(F)cc1Br. The topological polar surface area (TPSA) is 41.5 Å². The van der Waals surface area contributed by atoms with Crippen molar-refractivity contribution in [1.29, 1.82) is 0 Å². The van der Waals surface area contributed by atoms with Gasteiger partial charge in [0.1, 0.15) is 24.3 Å². The lowest BCUT2D eigenvalue weighted by Gasteiger charge is -2.13. The normalized spacial score (nSPS) is 16.9. The number of rotatable bonds is 6. The quantitative estimate of drug-likeness (QED) is 0.845. The van der Waals surface area contributed by atoms with Crippen molar-refractivity contribution in [2.45, 2.75) is 25.0 Å². The zero-order chi connectivity index (χ0) is 12.3. The summed E-state index contributed by atoms with van der Waals surface area (Å²) in [6, 6.07) is 4.78. The fourth-order valence-corrected chi connectivity index (χ4v) is 1.89. The zero-order valence-electron chi connectivity index (χ0n) is 9.33. The molecule has 1 aliphatic rings. The van der Waals surface area contributed by atoms with Gasteiger partial charge in [0.2, 0.25) is 0 Å². The van der Waals surface area contributed by atoms with Gasteiger partial charge in [-0.25, -0.2) is 4.39 Å². The predicted molar refractivity (Wildman–Crippen MR) is 66.6 cm³/mol. The molecule has 94 valence electrons. The van der Waals surface area contributed by atoms with E-state index in [0.29, 0.717) is 22.8 Å². The first-order valence-electron chi connectivity index (χ1n) is 5.64. The second-order valence-electron chi connectivity index (χ2n) is 4.22. The Labute approximate surface area is 108 Å². The summed E-state index contributed by atoms with van der Waals surface area (Å²) >= 11 is 3.21. The standard InChI is InChI=1S/C12H15BrFNO2/c13-11-5-8(14)1-4-12(11)17-7-10(16)6-15-9-2-3-9/h1,4-5,9-10,15-16H,2-3,6-7H2. The lowest BCUT2D eigenvalue weighted by Crippen LogP contribution is -2.32. The zero-order valence-corrected chi connectivity index (χ0v) is 10.9. The molecular weight excluding hydrogens is 289 g/mol. The highest BCUT2D eigenvalue weighted by molar-refractivity contribution is 9.10. The Morgan fingerprint density at radius 3 is 2.94 bits per heavy atom. The van der Waals surface area contributed by atoms with Gasteiger partial charge in [0, 0.05) is 12.6 Å². The maximum Gasteiger partial charge on any atom is 0.133 e. The number of halogens is 2. The largest absolute Gasteiger partial charge is 0.490 e. The smallest absolute Gasteiger partial charge is 0.133 e. The Morgan fingerprint density at radius 2 is 2.29 bits per heavy atom. The van der Waals surface area contributed by atoms with Crippen LogP contribution in [0, 0.1) is 5.82 Å². The summed E-state index contributed by atoms with van der Waals surface area (Å²) in [6.07, 6.45) is 1.83. The van der Waals surface area contributed by atoms with E-state index >= 15 is 0 Å². The van der Waals surface area contributed by atoms with Crippen LogP contribution in [0.3, 0.4) is 0 Å². The van der Waals surface area contributed by atoms with Crippen LogP contribution >= 0.6 is 15.9 Å². The summed E-state index contributed by atoms with van der Waals surface area (Å²) in [4.78, 5) is 0. The molecule has 1 aliphatic carbocycles. The Kier molecular flexibility index (Phi) is 4.36. The molecule has 2 N–H and O–H groups in total. The lowest BCUT2D eigenvalue weighted by atomic mass is 10.3. The summed E-state index contributed by atoms with van der Waals surface area (Å²) in [5.74, 6) is 0.219. The number of aliphatic hydroxyl groups excluding tert-OH is 1. The molecule has 1 aromatic carbocycles. The van der Waals surface area contributed by atoms with Gasteiger partial charge in [-0.15, -0.1) is 0 Å². The molecule has 0 spiro atoms. The van der Waals surface area contributed by atoms with Gasteiger partial charge in [-0.2, -0.15) is 0 Å². The Balaban J connectivity index is 1.75. The van der Waals surface area contributed by atoms with Crippen LogP contribution in [0.1, 0.15) is 12.8 Å². The van der Waals surface area contributed by atoms with Crippen molar-refractivity contribution >= 4 is 15.9 Å². The molecule has 0 aromatic heterocycles. The number of nitrogens with one attached hydrogen (secondary N) is 1. The van der Waals surface area contributed by atoms with E-state index in [4.69, 9.17) is 4.74 Å². The Bertz CT molecular complexity index is 385. The molecule has 1 fully saturated rings. The van der Waals surface area contributed by atoms with Crippen molar-refractivity contribution in [3.05, 3.63) is 28.5 Å². The van der Waals surface area contributed by atoms with Gasteiger partial charge in [0.05, 0.1) is 4.47 Å². The van der Waals surface area contributed by atoms with Crippen LogP contribution in [0.2, 0.25) is 0 Å². The van der Waals surface area contributed by atoms with Gasteiger partial charge in [0.25, 0.3) is 0 Å². The molecule has 1 unspecified atom stereocenters. The second kappa shape index (κ2) is 5.80. The number of benzene rings is 1. The maximum atomic E-state index is 12.8. The van der Waals surface area contributed by atoms with E-state index in [1.165, 1.54) is 25.0 Å². The fraction of sp³-hybridized carbons (Fsp3) is 0.500. The minimum atomic E-state index is -0.549. The van der Waals surface area contributed by atoms with Crippen molar-refractivity contribution in [2.75, 3.05) is 13.2 Å². The maximum absolute atomic E-state index is 12.8. The minimum Gasteiger partial charge on any atom is -0.490 e. The molecule has 0 amide bonds. The van der Waals surface area contributed by atoms with E-state index in [9.17, 15) is 9.50 Å². The molecular formula is C12H15BrFNO2. The summed E-state index contributed by atoms with van der Waals surface area (Å²) in [5.41, 5.74) is 0. The van der Waals surface area contributed by atoms with Crippen molar-refractivity contribution in [1.82, 2.24) is 5.32 Å². The average molecular weight is 304 g/mol. The Morgan fingerprint density at radius 1 is 1.53 bits per heavy atom. The van der Waals surface area contributed by atoms with Crippen LogP contribution in [0.15, 0.2) is 22.7 Å². The number of aliphatic hydroxyl groups is 1. The number of ether oxygens (including phenoxy) is 1. The molecule has 5 heteroatoms. The van der Waals surface area contributed by atoms with Crippen molar-refractivity contribution < 1.29 is 14.2 Å². The predicted octanol–water partition coefficient (Wildman–Crippen LogP) is 2.08. The lowest BCUT2D eigenvalue weighted by molar-refractivity contribution is 0.105. The molecule has 1 saturated carbocycles. The minimum absolute atomic E-state index is 0.198. The van der Waals surface area contributed by atoms with Gasteiger partial charge < -0.3 is 15.2 Å². The van der Waals surface area contributed by atoms with Gasteiger partial charge in [-0.3, -0.25) is 0 Å². The van der Waals surface area contributed by atoms with E-state index in [2.05, 4.69) is 21.2 Å².